The number of benzene rings is 3. The molecule has 2 nitrogen and oxygen atoms in total. The molecule has 3 rings (SSSR count). The molecule has 0 saturated heterocycles. The smallest absolute Gasteiger partial charge is 0.196 e. The first-order chi connectivity index (χ1) is 10.1. The minimum absolute atomic E-state index is 0.0450. The molecular weight excluding hydrogens is 265 g/mol. The van der Waals surface area contributed by atoms with Crippen LogP contribution in [-0.2, 0) is 0 Å². The third-order valence-electron chi connectivity index (χ3n) is 3.60. The summed E-state index contributed by atoms with van der Waals surface area (Å²) >= 11 is 0. The number of anilines is 1. The SMILES string of the molecule is Cc1ccc2ccccc2c1C(=O)c1ccc(N)cc1F. The van der Waals surface area contributed by atoms with E-state index < -0.39 is 5.82 Å². The van der Waals surface area contributed by atoms with Crippen molar-refractivity contribution in [2.45, 2.75) is 6.92 Å². The summed E-state index contributed by atoms with van der Waals surface area (Å²) in [5.41, 5.74) is 7.25. The zero-order valence-electron chi connectivity index (χ0n) is 11.6. The molecule has 0 aliphatic heterocycles. The topological polar surface area (TPSA) is 43.1 Å². The van der Waals surface area contributed by atoms with E-state index >= 15 is 0 Å². The zero-order chi connectivity index (χ0) is 15.0. The summed E-state index contributed by atoms with van der Waals surface area (Å²) in [6.45, 7) is 1.86. The Morgan fingerprint density at radius 2 is 1.81 bits per heavy atom. The predicted octanol–water partition coefficient (Wildman–Crippen LogP) is 4.10. The van der Waals surface area contributed by atoms with E-state index in [4.69, 9.17) is 5.73 Å². The second-order valence-electron chi connectivity index (χ2n) is 5.05. The molecule has 0 aliphatic rings. The molecule has 0 unspecified atom stereocenters. The van der Waals surface area contributed by atoms with Crippen molar-refractivity contribution in [3.63, 3.8) is 0 Å². The highest BCUT2D eigenvalue weighted by atomic mass is 19.1. The van der Waals surface area contributed by atoms with Crippen LogP contribution in [0, 0.1) is 12.7 Å². The Hall–Kier alpha value is -2.68. The van der Waals surface area contributed by atoms with Gasteiger partial charge in [0.25, 0.3) is 0 Å². The van der Waals surface area contributed by atoms with Gasteiger partial charge in [-0.2, -0.15) is 0 Å². The minimum atomic E-state index is -0.590. The monoisotopic (exact) mass is 279 g/mol. The predicted molar refractivity (Wildman–Crippen MR) is 82.9 cm³/mol. The Labute approximate surface area is 122 Å². The molecule has 21 heavy (non-hydrogen) atoms. The van der Waals surface area contributed by atoms with Crippen LogP contribution in [0.3, 0.4) is 0 Å². The summed E-state index contributed by atoms with van der Waals surface area (Å²) < 4.78 is 14.0. The van der Waals surface area contributed by atoms with Crippen molar-refractivity contribution in [3.05, 3.63) is 77.1 Å². The van der Waals surface area contributed by atoms with E-state index in [0.29, 0.717) is 11.3 Å². The van der Waals surface area contributed by atoms with Crippen molar-refractivity contribution in [3.8, 4) is 0 Å². The number of halogens is 1. The van der Waals surface area contributed by atoms with Gasteiger partial charge in [0, 0.05) is 11.3 Å². The molecule has 0 aromatic heterocycles. The van der Waals surface area contributed by atoms with Gasteiger partial charge in [-0.3, -0.25) is 4.79 Å². The Morgan fingerprint density at radius 1 is 1.05 bits per heavy atom. The van der Waals surface area contributed by atoms with Gasteiger partial charge in [0.1, 0.15) is 5.82 Å². The van der Waals surface area contributed by atoms with Gasteiger partial charge < -0.3 is 5.73 Å². The Kier molecular flexibility index (Phi) is 3.18. The van der Waals surface area contributed by atoms with Gasteiger partial charge in [-0.1, -0.05) is 36.4 Å². The fourth-order valence-electron chi connectivity index (χ4n) is 2.53. The second-order valence-corrected chi connectivity index (χ2v) is 5.05. The number of fused-ring (bicyclic) bond motifs is 1. The number of nitrogens with two attached hydrogens (primary N) is 1. The van der Waals surface area contributed by atoms with E-state index in [9.17, 15) is 9.18 Å². The lowest BCUT2D eigenvalue weighted by atomic mass is 9.93. The molecular formula is C18H14FNO. The lowest BCUT2D eigenvalue weighted by molar-refractivity contribution is 0.103. The van der Waals surface area contributed by atoms with E-state index in [1.54, 1.807) is 0 Å². The molecule has 3 aromatic rings. The average Bonchev–Trinajstić information content (AvgIpc) is 2.46. The van der Waals surface area contributed by atoms with Gasteiger partial charge in [-0.15, -0.1) is 0 Å². The Morgan fingerprint density at radius 3 is 2.57 bits per heavy atom. The third-order valence-corrected chi connectivity index (χ3v) is 3.60. The van der Waals surface area contributed by atoms with Crippen LogP contribution < -0.4 is 5.73 Å². The van der Waals surface area contributed by atoms with E-state index in [2.05, 4.69) is 0 Å². The van der Waals surface area contributed by atoms with Crippen LogP contribution in [0.5, 0.6) is 0 Å². The zero-order valence-corrected chi connectivity index (χ0v) is 11.6. The maximum atomic E-state index is 14.0. The van der Waals surface area contributed by atoms with Crippen LogP contribution in [0.15, 0.2) is 54.6 Å². The van der Waals surface area contributed by atoms with E-state index in [-0.39, 0.29) is 11.3 Å². The number of hydrogen-bond donors (Lipinski definition) is 1. The summed E-state index contributed by atoms with van der Waals surface area (Å²) in [4.78, 5) is 12.7. The van der Waals surface area contributed by atoms with Crippen molar-refractivity contribution in [1.29, 1.82) is 0 Å². The molecule has 0 radical (unpaired) electrons. The van der Waals surface area contributed by atoms with Gasteiger partial charge in [-0.25, -0.2) is 4.39 Å². The average molecular weight is 279 g/mol. The molecule has 0 spiro atoms. The Bertz CT molecular complexity index is 855. The minimum Gasteiger partial charge on any atom is -0.399 e. The number of nitrogen functional groups attached to an aromatic ring is 1. The summed E-state index contributed by atoms with van der Waals surface area (Å²) in [5.74, 6) is -0.908. The highest BCUT2D eigenvalue weighted by Crippen LogP contribution is 2.26. The second kappa shape index (κ2) is 5.02. The molecule has 0 aliphatic carbocycles. The summed E-state index contributed by atoms with van der Waals surface area (Å²) in [7, 11) is 0. The molecule has 3 heteroatoms. The van der Waals surface area contributed by atoms with Crippen LogP contribution in [-0.4, -0.2) is 5.78 Å². The molecule has 0 heterocycles. The number of carbonyl (C=O) groups excluding carboxylic acids is 1. The van der Waals surface area contributed by atoms with E-state index in [1.165, 1.54) is 18.2 Å². The van der Waals surface area contributed by atoms with E-state index in [1.807, 2.05) is 43.3 Å². The van der Waals surface area contributed by atoms with Crippen LogP contribution in [0.2, 0.25) is 0 Å². The highest BCUT2D eigenvalue weighted by molar-refractivity contribution is 6.17. The van der Waals surface area contributed by atoms with Crippen LogP contribution in [0.1, 0.15) is 21.5 Å². The Balaban J connectivity index is 2.24. The molecule has 104 valence electrons. The fraction of sp³-hybridized carbons (Fsp3) is 0.0556. The molecule has 3 aromatic carbocycles. The third kappa shape index (κ3) is 2.27. The number of carbonyl (C=O) groups is 1. The lowest BCUT2D eigenvalue weighted by Crippen LogP contribution is -2.07. The molecule has 0 saturated carbocycles. The van der Waals surface area contributed by atoms with Gasteiger partial charge in [-0.05, 0) is 41.5 Å². The maximum absolute atomic E-state index is 14.0. The van der Waals surface area contributed by atoms with E-state index in [0.717, 1.165) is 16.3 Å². The van der Waals surface area contributed by atoms with Gasteiger partial charge in [0.15, 0.2) is 5.78 Å². The van der Waals surface area contributed by atoms with Crippen molar-refractivity contribution >= 4 is 22.2 Å². The number of rotatable bonds is 2. The van der Waals surface area contributed by atoms with Gasteiger partial charge in [0.05, 0.1) is 5.56 Å². The standard InChI is InChI=1S/C18H14FNO/c1-11-6-7-12-4-2-3-5-14(12)17(11)18(21)15-9-8-13(20)10-16(15)19/h2-10H,20H2,1H3. The number of aryl methyl sites for hydroxylation is 1. The highest BCUT2D eigenvalue weighted by Gasteiger charge is 2.18. The van der Waals surface area contributed by atoms with Crippen molar-refractivity contribution < 1.29 is 9.18 Å². The summed E-state index contributed by atoms with van der Waals surface area (Å²) in [5, 5.41) is 1.79. The fourth-order valence-corrected chi connectivity index (χ4v) is 2.53. The summed E-state index contributed by atoms with van der Waals surface area (Å²) in [6.07, 6.45) is 0. The normalized spacial score (nSPS) is 10.8. The largest absolute Gasteiger partial charge is 0.399 e. The van der Waals surface area contributed by atoms with Gasteiger partial charge >= 0.3 is 0 Å². The van der Waals surface area contributed by atoms with Gasteiger partial charge in [0.2, 0.25) is 0 Å². The molecule has 2 N–H and O–H groups in total. The molecule has 0 amide bonds. The lowest BCUT2D eigenvalue weighted by Gasteiger charge is -2.10. The van der Waals surface area contributed by atoms with Crippen molar-refractivity contribution in [2.24, 2.45) is 0 Å². The molecule has 0 bridgehead atoms. The quantitative estimate of drug-likeness (QED) is 0.567. The first kappa shape index (κ1) is 13.3. The number of ketones is 1. The molecule has 0 atom stereocenters. The van der Waals surface area contributed by atoms with Crippen LogP contribution >= 0.6 is 0 Å². The van der Waals surface area contributed by atoms with Crippen LogP contribution in [0.25, 0.3) is 10.8 Å². The van der Waals surface area contributed by atoms with Crippen molar-refractivity contribution in [2.75, 3.05) is 5.73 Å². The summed E-state index contributed by atoms with van der Waals surface area (Å²) in [6, 6.07) is 15.6. The number of hydrogen-bond acceptors (Lipinski definition) is 2. The molecule has 0 fully saturated rings. The maximum Gasteiger partial charge on any atom is 0.196 e. The van der Waals surface area contributed by atoms with Crippen LogP contribution in [0.4, 0.5) is 10.1 Å². The first-order valence-electron chi connectivity index (χ1n) is 6.66. The van der Waals surface area contributed by atoms with Crippen molar-refractivity contribution in [1.82, 2.24) is 0 Å². The first-order valence-corrected chi connectivity index (χ1v) is 6.66.